The van der Waals surface area contributed by atoms with Crippen molar-refractivity contribution < 1.29 is 19.0 Å². The van der Waals surface area contributed by atoms with E-state index in [1.807, 2.05) is 38.4 Å². The highest BCUT2D eigenvalue weighted by molar-refractivity contribution is 6.30. The lowest BCUT2D eigenvalue weighted by molar-refractivity contribution is -0.148. The van der Waals surface area contributed by atoms with Crippen LogP contribution in [-0.4, -0.2) is 74.9 Å². The lowest BCUT2D eigenvalue weighted by Gasteiger charge is -2.42. The third-order valence-corrected chi connectivity index (χ3v) is 5.47. The van der Waals surface area contributed by atoms with E-state index in [9.17, 15) is 4.79 Å². The number of benzene rings is 2. The Bertz CT molecular complexity index is 895. The lowest BCUT2D eigenvalue weighted by Crippen LogP contribution is -2.56. The van der Waals surface area contributed by atoms with Crippen molar-refractivity contribution in [2.24, 2.45) is 5.73 Å². The number of primary amides is 1. The van der Waals surface area contributed by atoms with Crippen LogP contribution < -0.4 is 15.2 Å². The molecule has 1 saturated heterocycles. The number of amides is 1. The van der Waals surface area contributed by atoms with E-state index in [-0.39, 0.29) is 13.0 Å². The molecular weight excluding hydrogens is 430 g/mol. The van der Waals surface area contributed by atoms with Gasteiger partial charge < -0.3 is 24.8 Å². The lowest BCUT2D eigenvalue weighted by atomic mass is 9.97. The second kappa shape index (κ2) is 11.5. The van der Waals surface area contributed by atoms with Gasteiger partial charge >= 0.3 is 0 Å². The minimum atomic E-state index is -0.813. The maximum atomic E-state index is 11.8. The van der Waals surface area contributed by atoms with Gasteiger partial charge in [0.1, 0.15) is 30.3 Å². The fourth-order valence-electron chi connectivity index (χ4n) is 3.73. The van der Waals surface area contributed by atoms with Gasteiger partial charge in [-0.1, -0.05) is 29.8 Å². The van der Waals surface area contributed by atoms with E-state index in [1.54, 1.807) is 12.1 Å². The molecule has 0 unspecified atom stereocenters. The summed E-state index contributed by atoms with van der Waals surface area (Å²) in [7, 11) is 4.04. The van der Waals surface area contributed by atoms with Crippen molar-refractivity contribution >= 4 is 17.5 Å². The van der Waals surface area contributed by atoms with Gasteiger partial charge in [0, 0.05) is 31.2 Å². The minimum absolute atomic E-state index is 0.0811. The molecule has 0 saturated carbocycles. The highest BCUT2D eigenvalue weighted by Gasteiger charge is 2.39. The predicted molar refractivity (Wildman–Crippen MR) is 125 cm³/mol. The molecule has 2 aromatic rings. The topological polar surface area (TPSA) is 77.3 Å². The average molecular weight is 462 g/mol. The molecule has 8 heteroatoms. The summed E-state index contributed by atoms with van der Waals surface area (Å²) in [5, 5.41) is 0.588. The van der Waals surface area contributed by atoms with Crippen LogP contribution in [0.15, 0.2) is 48.5 Å². The van der Waals surface area contributed by atoms with Crippen LogP contribution in [-0.2, 0) is 16.1 Å². The van der Waals surface area contributed by atoms with Crippen LogP contribution in [0.5, 0.6) is 11.5 Å². The molecule has 1 heterocycles. The van der Waals surface area contributed by atoms with Crippen molar-refractivity contribution in [2.75, 3.05) is 53.6 Å². The van der Waals surface area contributed by atoms with Gasteiger partial charge in [0.2, 0.25) is 5.91 Å². The Balaban J connectivity index is 1.64. The molecule has 0 radical (unpaired) electrons. The van der Waals surface area contributed by atoms with Gasteiger partial charge in [-0.05, 0) is 50.0 Å². The van der Waals surface area contributed by atoms with Gasteiger partial charge in [0.05, 0.1) is 13.0 Å². The predicted octanol–water partition coefficient (Wildman–Crippen LogP) is 2.81. The largest absolute Gasteiger partial charge is 0.492 e. The molecule has 1 amide bonds. The zero-order chi connectivity index (χ0) is 23.0. The Morgan fingerprint density at radius 1 is 1.19 bits per heavy atom. The summed E-state index contributed by atoms with van der Waals surface area (Å²) in [6, 6.07) is 15.3. The van der Waals surface area contributed by atoms with E-state index in [1.165, 1.54) is 0 Å². The summed E-state index contributed by atoms with van der Waals surface area (Å²) in [5.41, 5.74) is 5.88. The molecule has 1 aliphatic rings. The van der Waals surface area contributed by atoms with Gasteiger partial charge in [0.25, 0.3) is 0 Å². The Morgan fingerprint density at radius 3 is 2.66 bits per heavy atom. The SMILES string of the molecule is CN(C)CCOc1cccc(CN2CCO[C@@](COc3cccc(Cl)c3)(CC(N)=O)C2)c1. The number of nitrogens with two attached hydrogens (primary N) is 1. The number of morpholine rings is 1. The number of hydrogen-bond donors (Lipinski definition) is 1. The third kappa shape index (κ3) is 7.67. The van der Waals surface area contributed by atoms with Gasteiger partial charge in [-0.2, -0.15) is 0 Å². The molecular formula is C24H32ClN3O4. The zero-order valence-electron chi connectivity index (χ0n) is 18.8. The van der Waals surface area contributed by atoms with Crippen LogP contribution in [0.2, 0.25) is 5.02 Å². The number of rotatable bonds is 11. The molecule has 32 heavy (non-hydrogen) atoms. The molecule has 0 spiro atoms. The molecule has 0 aromatic heterocycles. The minimum Gasteiger partial charge on any atom is -0.492 e. The first kappa shape index (κ1) is 24.3. The van der Waals surface area contributed by atoms with Gasteiger partial charge in [0.15, 0.2) is 0 Å². The van der Waals surface area contributed by atoms with E-state index in [0.29, 0.717) is 37.1 Å². The maximum absolute atomic E-state index is 11.8. The van der Waals surface area contributed by atoms with Crippen molar-refractivity contribution in [3.63, 3.8) is 0 Å². The number of halogens is 1. The number of likely N-dealkylation sites (N-methyl/N-ethyl adjacent to an activating group) is 1. The van der Waals surface area contributed by atoms with Gasteiger partial charge in [-0.3, -0.25) is 9.69 Å². The van der Waals surface area contributed by atoms with E-state index in [4.69, 9.17) is 31.5 Å². The summed E-state index contributed by atoms with van der Waals surface area (Å²) in [4.78, 5) is 16.2. The molecule has 1 aliphatic heterocycles. The molecule has 1 fully saturated rings. The molecule has 7 nitrogen and oxygen atoms in total. The summed E-state index contributed by atoms with van der Waals surface area (Å²) >= 11 is 6.05. The standard InChI is InChI=1S/C24H32ClN3O4/c1-27(2)9-11-30-21-7-3-5-19(13-21)16-28-10-12-32-24(17-28,15-23(26)29)18-31-22-8-4-6-20(25)14-22/h3-8,13-14H,9-12,15-18H2,1-2H3,(H2,26,29)/t24-/m0/s1. The highest BCUT2D eigenvalue weighted by atomic mass is 35.5. The molecule has 1 atom stereocenters. The molecule has 3 rings (SSSR count). The van der Waals surface area contributed by atoms with Gasteiger partial charge in [-0.25, -0.2) is 0 Å². The summed E-state index contributed by atoms with van der Waals surface area (Å²) < 4.78 is 17.9. The second-order valence-electron chi connectivity index (χ2n) is 8.43. The number of carbonyl (C=O) groups excluding carboxylic acids is 1. The van der Waals surface area contributed by atoms with Gasteiger partial charge in [-0.15, -0.1) is 0 Å². The molecule has 2 N–H and O–H groups in total. The first-order chi connectivity index (χ1) is 15.3. The van der Waals surface area contributed by atoms with Crippen molar-refractivity contribution in [1.82, 2.24) is 9.80 Å². The van der Waals surface area contributed by atoms with Crippen LogP contribution in [0.4, 0.5) is 0 Å². The van der Waals surface area contributed by atoms with Crippen LogP contribution in [0.1, 0.15) is 12.0 Å². The molecule has 2 aromatic carbocycles. The van der Waals surface area contributed by atoms with E-state index in [2.05, 4.69) is 21.9 Å². The summed E-state index contributed by atoms with van der Waals surface area (Å²) in [5.74, 6) is 1.06. The van der Waals surface area contributed by atoms with Crippen LogP contribution in [0.25, 0.3) is 0 Å². The van der Waals surface area contributed by atoms with Crippen molar-refractivity contribution in [1.29, 1.82) is 0 Å². The van der Waals surface area contributed by atoms with E-state index >= 15 is 0 Å². The van der Waals surface area contributed by atoms with Crippen LogP contribution >= 0.6 is 11.6 Å². The Kier molecular flexibility index (Phi) is 8.75. The molecule has 0 bridgehead atoms. The number of hydrogen-bond acceptors (Lipinski definition) is 6. The van der Waals surface area contributed by atoms with E-state index in [0.717, 1.165) is 24.4 Å². The van der Waals surface area contributed by atoms with Crippen molar-refractivity contribution in [3.8, 4) is 11.5 Å². The third-order valence-electron chi connectivity index (χ3n) is 5.23. The fraction of sp³-hybridized carbons (Fsp3) is 0.458. The fourth-order valence-corrected chi connectivity index (χ4v) is 3.91. The van der Waals surface area contributed by atoms with Crippen molar-refractivity contribution in [3.05, 3.63) is 59.1 Å². The Labute approximate surface area is 195 Å². The molecule has 174 valence electrons. The Morgan fingerprint density at radius 2 is 1.94 bits per heavy atom. The first-order valence-electron chi connectivity index (χ1n) is 10.7. The second-order valence-corrected chi connectivity index (χ2v) is 8.87. The maximum Gasteiger partial charge on any atom is 0.220 e. The number of ether oxygens (including phenoxy) is 3. The van der Waals surface area contributed by atoms with E-state index < -0.39 is 11.5 Å². The zero-order valence-corrected chi connectivity index (χ0v) is 19.5. The average Bonchev–Trinajstić information content (AvgIpc) is 2.72. The quantitative estimate of drug-likeness (QED) is 0.554. The Hall–Kier alpha value is -2.32. The van der Waals surface area contributed by atoms with Crippen LogP contribution in [0, 0.1) is 0 Å². The first-order valence-corrected chi connectivity index (χ1v) is 11.1. The number of nitrogens with zero attached hydrogens (tertiary/aromatic N) is 2. The molecule has 0 aliphatic carbocycles. The number of carbonyl (C=O) groups is 1. The van der Waals surface area contributed by atoms with Crippen LogP contribution in [0.3, 0.4) is 0 Å². The summed E-state index contributed by atoms with van der Waals surface area (Å²) in [6.07, 6.45) is 0.0811. The summed E-state index contributed by atoms with van der Waals surface area (Å²) in [6.45, 7) is 4.19. The van der Waals surface area contributed by atoms with Crippen molar-refractivity contribution in [2.45, 2.75) is 18.6 Å². The monoisotopic (exact) mass is 461 g/mol. The normalized spacial score (nSPS) is 19.1. The smallest absolute Gasteiger partial charge is 0.220 e. The highest BCUT2D eigenvalue weighted by Crippen LogP contribution is 2.26.